The molecule has 0 aliphatic rings. The quantitative estimate of drug-likeness (QED) is 0.572. The predicted octanol–water partition coefficient (Wildman–Crippen LogP) is 3.83. The number of hydrogen-bond acceptors (Lipinski definition) is 1. The third-order valence-electron chi connectivity index (χ3n) is 1.58. The van der Waals surface area contributed by atoms with E-state index in [4.69, 9.17) is 11.6 Å². The van der Waals surface area contributed by atoms with Crippen LogP contribution in [0.1, 0.15) is 0 Å². The molecule has 0 atom stereocenters. The molecule has 1 aromatic carbocycles. The van der Waals surface area contributed by atoms with E-state index in [2.05, 4.69) is 0 Å². The molecule has 1 aromatic heterocycles. The number of hydrogen-bond donors (Lipinski definition) is 0. The Morgan fingerprint density at radius 1 is 1.33 bits per heavy atom. The lowest BCUT2D eigenvalue weighted by molar-refractivity contribution is 0.517. The Morgan fingerprint density at radius 3 is 2.83 bits per heavy atom. The summed E-state index contributed by atoms with van der Waals surface area (Å²) in [5.74, 6) is -1.72. The minimum absolute atomic E-state index is 0.255. The van der Waals surface area contributed by atoms with E-state index in [0.29, 0.717) is 4.70 Å². The van der Waals surface area contributed by atoms with E-state index in [-0.39, 0.29) is 10.4 Å². The molecule has 0 radical (unpaired) electrons. The van der Waals surface area contributed by atoms with Gasteiger partial charge in [0.2, 0.25) is 0 Å². The van der Waals surface area contributed by atoms with Gasteiger partial charge in [-0.2, -0.15) is 0 Å². The first-order valence-electron chi connectivity index (χ1n) is 3.21. The Labute approximate surface area is 76.4 Å². The summed E-state index contributed by atoms with van der Waals surface area (Å²) in [5.41, 5.74) is 0. The molecule has 1 heterocycles. The van der Waals surface area contributed by atoms with E-state index in [1.165, 1.54) is 17.4 Å². The average Bonchev–Trinajstić information content (AvgIpc) is 2.48. The van der Waals surface area contributed by atoms with Gasteiger partial charge in [0.1, 0.15) is 0 Å². The van der Waals surface area contributed by atoms with Gasteiger partial charge in [0.15, 0.2) is 11.6 Å². The molecule has 0 bridgehead atoms. The molecule has 0 unspecified atom stereocenters. The van der Waals surface area contributed by atoms with Crippen LogP contribution in [0.4, 0.5) is 8.78 Å². The summed E-state index contributed by atoms with van der Waals surface area (Å²) in [5, 5.41) is 2.20. The smallest absolute Gasteiger partial charge is 0.167 e. The third kappa shape index (κ3) is 1.01. The molecule has 0 aliphatic heterocycles. The van der Waals surface area contributed by atoms with Crippen molar-refractivity contribution in [1.82, 2.24) is 0 Å². The summed E-state index contributed by atoms with van der Waals surface area (Å²) in [4.78, 5) is 0. The maximum atomic E-state index is 13.0. The van der Waals surface area contributed by atoms with E-state index >= 15 is 0 Å². The molecule has 0 spiro atoms. The standard InChI is InChI=1S/C8H3ClF2S/c9-5-3-6(10)7(11)4-1-2-12-8(4)5/h1-3H. The van der Waals surface area contributed by atoms with Gasteiger partial charge in [-0.15, -0.1) is 11.3 Å². The first kappa shape index (κ1) is 7.95. The lowest BCUT2D eigenvalue weighted by Gasteiger charge is -1.96. The predicted molar refractivity (Wildman–Crippen MR) is 46.8 cm³/mol. The van der Waals surface area contributed by atoms with Gasteiger partial charge in [-0.25, -0.2) is 8.78 Å². The second-order valence-corrected chi connectivity index (χ2v) is 3.64. The summed E-state index contributed by atoms with van der Waals surface area (Å²) < 4.78 is 26.3. The fourth-order valence-electron chi connectivity index (χ4n) is 1.04. The van der Waals surface area contributed by atoms with Crippen molar-refractivity contribution < 1.29 is 8.78 Å². The molecule has 12 heavy (non-hydrogen) atoms. The van der Waals surface area contributed by atoms with Crippen molar-refractivity contribution in [2.24, 2.45) is 0 Å². The molecule has 4 heteroatoms. The van der Waals surface area contributed by atoms with Crippen molar-refractivity contribution in [3.05, 3.63) is 34.2 Å². The van der Waals surface area contributed by atoms with Crippen molar-refractivity contribution >= 4 is 33.0 Å². The Kier molecular flexibility index (Phi) is 1.77. The zero-order valence-electron chi connectivity index (χ0n) is 5.77. The Balaban J connectivity index is 2.97. The number of thiophene rings is 1. The van der Waals surface area contributed by atoms with Gasteiger partial charge in [-0.3, -0.25) is 0 Å². The van der Waals surface area contributed by atoms with E-state index in [1.807, 2.05) is 0 Å². The molecule has 2 rings (SSSR count). The monoisotopic (exact) mass is 204 g/mol. The fourth-order valence-corrected chi connectivity index (χ4v) is 2.16. The van der Waals surface area contributed by atoms with Gasteiger partial charge in [0.25, 0.3) is 0 Å². The Bertz CT molecular complexity index is 436. The van der Waals surface area contributed by atoms with E-state index in [9.17, 15) is 8.78 Å². The SMILES string of the molecule is Fc1cc(Cl)c2sccc2c1F. The van der Waals surface area contributed by atoms with Gasteiger partial charge in [-0.05, 0) is 17.5 Å². The lowest BCUT2D eigenvalue weighted by Crippen LogP contribution is -1.83. The zero-order valence-corrected chi connectivity index (χ0v) is 7.35. The number of halogens is 3. The lowest BCUT2D eigenvalue weighted by atomic mass is 10.2. The van der Waals surface area contributed by atoms with Gasteiger partial charge >= 0.3 is 0 Å². The van der Waals surface area contributed by atoms with Crippen molar-refractivity contribution in [3.63, 3.8) is 0 Å². The Morgan fingerprint density at radius 2 is 2.08 bits per heavy atom. The fraction of sp³-hybridized carbons (Fsp3) is 0. The highest BCUT2D eigenvalue weighted by Crippen LogP contribution is 2.31. The highest BCUT2D eigenvalue weighted by Gasteiger charge is 2.11. The first-order valence-corrected chi connectivity index (χ1v) is 4.46. The summed E-state index contributed by atoms with van der Waals surface area (Å²) in [6.07, 6.45) is 0. The Hall–Kier alpha value is -0.670. The molecule has 0 saturated carbocycles. The van der Waals surface area contributed by atoms with Crippen LogP contribution in [0.2, 0.25) is 5.02 Å². The second kappa shape index (κ2) is 2.68. The zero-order chi connectivity index (χ0) is 8.72. The topological polar surface area (TPSA) is 0 Å². The van der Waals surface area contributed by atoms with E-state index in [0.717, 1.165) is 6.07 Å². The molecule has 0 aliphatic carbocycles. The largest absolute Gasteiger partial charge is 0.204 e. The molecule has 0 fully saturated rings. The van der Waals surface area contributed by atoms with Crippen LogP contribution in [0.25, 0.3) is 10.1 Å². The summed E-state index contributed by atoms with van der Waals surface area (Å²) in [6, 6.07) is 2.51. The molecule has 62 valence electrons. The van der Waals surface area contributed by atoms with Crippen molar-refractivity contribution in [3.8, 4) is 0 Å². The third-order valence-corrected chi connectivity index (χ3v) is 2.94. The first-order chi connectivity index (χ1) is 5.70. The van der Waals surface area contributed by atoms with Crippen molar-refractivity contribution in [1.29, 1.82) is 0 Å². The van der Waals surface area contributed by atoms with E-state index < -0.39 is 11.6 Å². The van der Waals surface area contributed by atoms with Crippen LogP contribution in [0.3, 0.4) is 0 Å². The summed E-state index contributed by atoms with van der Waals surface area (Å²) in [7, 11) is 0. The molecule has 0 saturated heterocycles. The highest BCUT2D eigenvalue weighted by molar-refractivity contribution is 7.17. The maximum absolute atomic E-state index is 13.0. The minimum Gasteiger partial charge on any atom is -0.204 e. The van der Waals surface area contributed by atoms with Crippen LogP contribution in [-0.2, 0) is 0 Å². The number of benzene rings is 1. The maximum Gasteiger partial charge on any atom is 0.167 e. The van der Waals surface area contributed by atoms with Crippen molar-refractivity contribution in [2.45, 2.75) is 0 Å². The second-order valence-electron chi connectivity index (χ2n) is 2.32. The van der Waals surface area contributed by atoms with Gasteiger partial charge < -0.3 is 0 Å². The van der Waals surface area contributed by atoms with E-state index in [1.54, 1.807) is 5.38 Å². The van der Waals surface area contributed by atoms with Crippen molar-refractivity contribution in [2.75, 3.05) is 0 Å². The number of fused-ring (bicyclic) bond motifs is 1. The van der Waals surface area contributed by atoms with Crippen LogP contribution in [-0.4, -0.2) is 0 Å². The van der Waals surface area contributed by atoms with Crippen LogP contribution in [0.5, 0.6) is 0 Å². The molecule has 0 N–H and O–H groups in total. The summed E-state index contributed by atoms with van der Waals surface area (Å²) >= 11 is 6.98. The molecule has 2 aromatic rings. The van der Waals surface area contributed by atoms with Crippen LogP contribution in [0, 0.1) is 11.6 Å². The normalized spacial score (nSPS) is 10.9. The molecular formula is C8H3ClF2S. The minimum atomic E-state index is -0.897. The summed E-state index contributed by atoms with van der Waals surface area (Å²) in [6.45, 7) is 0. The van der Waals surface area contributed by atoms with Crippen LogP contribution < -0.4 is 0 Å². The highest BCUT2D eigenvalue weighted by atomic mass is 35.5. The number of rotatable bonds is 0. The molecular weight excluding hydrogens is 202 g/mol. The average molecular weight is 205 g/mol. The molecule has 0 nitrogen and oxygen atoms in total. The van der Waals surface area contributed by atoms with Gasteiger partial charge in [0.05, 0.1) is 9.72 Å². The van der Waals surface area contributed by atoms with Crippen LogP contribution in [0.15, 0.2) is 17.5 Å². The van der Waals surface area contributed by atoms with Crippen LogP contribution >= 0.6 is 22.9 Å². The molecule has 0 amide bonds. The van der Waals surface area contributed by atoms with Gasteiger partial charge in [-0.1, -0.05) is 11.6 Å². The van der Waals surface area contributed by atoms with Gasteiger partial charge in [0, 0.05) is 5.39 Å².